The molecule has 2 aromatic carbocycles. The van der Waals surface area contributed by atoms with Crippen LogP contribution >= 0.6 is 0 Å². The van der Waals surface area contributed by atoms with E-state index in [2.05, 4.69) is 15.3 Å². The fourth-order valence-corrected chi connectivity index (χ4v) is 1.87. The number of aromatic nitrogens is 2. The summed E-state index contributed by atoms with van der Waals surface area (Å²) in [7, 11) is 1.62. The first kappa shape index (κ1) is 11.5. The molecule has 0 unspecified atom stereocenters. The van der Waals surface area contributed by atoms with Gasteiger partial charge in [0.25, 0.3) is 0 Å². The number of aromatic amines is 1. The summed E-state index contributed by atoms with van der Waals surface area (Å²) >= 11 is 0. The van der Waals surface area contributed by atoms with Crippen LogP contribution in [0.15, 0.2) is 42.5 Å². The van der Waals surface area contributed by atoms with Crippen molar-refractivity contribution in [2.24, 2.45) is 0 Å². The molecule has 0 aliphatic rings. The maximum absolute atomic E-state index is 13.5. The first-order valence-corrected chi connectivity index (χ1v) is 5.81. The van der Waals surface area contributed by atoms with Crippen LogP contribution in [0.5, 0.6) is 5.75 Å². The van der Waals surface area contributed by atoms with Crippen LogP contribution in [0.25, 0.3) is 11.0 Å². The first-order chi connectivity index (χ1) is 9.26. The molecule has 3 aromatic rings. The zero-order valence-electron chi connectivity index (χ0n) is 10.3. The van der Waals surface area contributed by atoms with Gasteiger partial charge in [0.2, 0.25) is 5.95 Å². The Kier molecular flexibility index (Phi) is 2.79. The summed E-state index contributed by atoms with van der Waals surface area (Å²) in [5, 5.41) is 3.08. The molecule has 0 fully saturated rings. The molecule has 0 bridgehead atoms. The molecule has 0 atom stereocenters. The van der Waals surface area contributed by atoms with Crippen molar-refractivity contribution in [2.45, 2.75) is 0 Å². The molecule has 0 aliphatic heterocycles. The van der Waals surface area contributed by atoms with Gasteiger partial charge in [-0.2, -0.15) is 0 Å². The number of fused-ring (bicyclic) bond motifs is 1. The van der Waals surface area contributed by atoms with Gasteiger partial charge in [0.1, 0.15) is 11.3 Å². The number of imidazole rings is 1. The SMILES string of the molecule is COc1ccc(Nc2nc3c(F)cccc3[nH]2)cc1. The Balaban J connectivity index is 1.90. The molecule has 1 heterocycles. The second-order valence-electron chi connectivity index (χ2n) is 4.07. The molecule has 0 aliphatic carbocycles. The molecule has 0 spiro atoms. The summed E-state index contributed by atoms with van der Waals surface area (Å²) in [6, 6.07) is 12.2. The van der Waals surface area contributed by atoms with E-state index in [4.69, 9.17) is 4.74 Å². The topological polar surface area (TPSA) is 49.9 Å². The Morgan fingerprint density at radius 2 is 1.95 bits per heavy atom. The fraction of sp³-hybridized carbons (Fsp3) is 0.0714. The number of para-hydroxylation sites is 1. The molecular weight excluding hydrogens is 245 g/mol. The number of nitrogens with one attached hydrogen (secondary N) is 2. The van der Waals surface area contributed by atoms with Crippen LogP contribution in [-0.2, 0) is 0 Å². The van der Waals surface area contributed by atoms with Crippen LogP contribution in [-0.4, -0.2) is 17.1 Å². The Bertz CT molecular complexity index is 706. The first-order valence-electron chi connectivity index (χ1n) is 5.81. The number of hydrogen-bond donors (Lipinski definition) is 2. The summed E-state index contributed by atoms with van der Waals surface area (Å²) in [5.74, 6) is 0.947. The van der Waals surface area contributed by atoms with E-state index in [0.717, 1.165) is 11.4 Å². The van der Waals surface area contributed by atoms with Crippen molar-refractivity contribution in [1.29, 1.82) is 0 Å². The lowest BCUT2D eigenvalue weighted by molar-refractivity contribution is 0.415. The van der Waals surface area contributed by atoms with Crippen LogP contribution < -0.4 is 10.1 Å². The summed E-state index contributed by atoms with van der Waals surface area (Å²) in [4.78, 5) is 7.20. The lowest BCUT2D eigenvalue weighted by Crippen LogP contribution is -1.92. The molecule has 4 nitrogen and oxygen atoms in total. The second kappa shape index (κ2) is 4.61. The standard InChI is InChI=1S/C14H12FN3O/c1-19-10-7-5-9(6-8-10)16-14-17-12-4-2-3-11(15)13(12)18-14/h2-8H,1H3,(H2,16,17,18). The molecule has 0 saturated carbocycles. The van der Waals surface area contributed by atoms with E-state index in [9.17, 15) is 4.39 Å². The van der Waals surface area contributed by atoms with Gasteiger partial charge in [0, 0.05) is 5.69 Å². The van der Waals surface area contributed by atoms with E-state index in [-0.39, 0.29) is 5.82 Å². The van der Waals surface area contributed by atoms with Crippen molar-refractivity contribution >= 4 is 22.7 Å². The summed E-state index contributed by atoms with van der Waals surface area (Å²) in [6.07, 6.45) is 0. The van der Waals surface area contributed by atoms with E-state index < -0.39 is 0 Å². The molecule has 5 heteroatoms. The van der Waals surface area contributed by atoms with Crippen molar-refractivity contribution in [3.8, 4) is 5.75 Å². The zero-order valence-corrected chi connectivity index (χ0v) is 10.3. The van der Waals surface area contributed by atoms with Gasteiger partial charge in [-0.3, -0.25) is 0 Å². The maximum atomic E-state index is 13.5. The van der Waals surface area contributed by atoms with Crippen molar-refractivity contribution in [3.05, 3.63) is 48.3 Å². The van der Waals surface area contributed by atoms with E-state index in [0.29, 0.717) is 17.0 Å². The number of H-pyrrole nitrogens is 1. The highest BCUT2D eigenvalue weighted by atomic mass is 19.1. The van der Waals surface area contributed by atoms with Crippen molar-refractivity contribution in [2.75, 3.05) is 12.4 Å². The third-order valence-electron chi connectivity index (χ3n) is 2.82. The minimum absolute atomic E-state index is 0.332. The van der Waals surface area contributed by atoms with Gasteiger partial charge in [-0.25, -0.2) is 9.37 Å². The van der Waals surface area contributed by atoms with Crippen LogP contribution in [0, 0.1) is 5.82 Å². The van der Waals surface area contributed by atoms with Crippen molar-refractivity contribution in [3.63, 3.8) is 0 Å². The number of benzene rings is 2. The Hall–Kier alpha value is -2.56. The Morgan fingerprint density at radius 1 is 1.16 bits per heavy atom. The van der Waals surface area contributed by atoms with E-state index in [1.54, 1.807) is 19.2 Å². The fourth-order valence-electron chi connectivity index (χ4n) is 1.87. The highest BCUT2D eigenvalue weighted by molar-refractivity contribution is 5.78. The highest BCUT2D eigenvalue weighted by Crippen LogP contribution is 2.21. The van der Waals surface area contributed by atoms with Gasteiger partial charge in [-0.15, -0.1) is 0 Å². The van der Waals surface area contributed by atoms with Crippen LogP contribution in [0.3, 0.4) is 0 Å². The molecular formula is C14H12FN3O. The average Bonchev–Trinajstić information content (AvgIpc) is 2.84. The van der Waals surface area contributed by atoms with Gasteiger partial charge < -0.3 is 15.0 Å². The normalized spacial score (nSPS) is 10.6. The molecule has 2 N–H and O–H groups in total. The zero-order chi connectivity index (χ0) is 13.2. The number of rotatable bonds is 3. The molecule has 0 amide bonds. The maximum Gasteiger partial charge on any atom is 0.205 e. The number of methoxy groups -OCH3 is 1. The summed E-state index contributed by atoms with van der Waals surface area (Å²) in [6.45, 7) is 0. The lowest BCUT2D eigenvalue weighted by Gasteiger charge is -2.03. The van der Waals surface area contributed by atoms with E-state index in [1.165, 1.54) is 6.07 Å². The molecule has 96 valence electrons. The minimum Gasteiger partial charge on any atom is -0.497 e. The van der Waals surface area contributed by atoms with Crippen molar-refractivity contribution in [1.82, 2.24) is 9.97 Å². The van der Waals surface area contributed by atoms with E-state index >= 15 is 0 Å². The third-order valence-corrected chi connectivity index (χ3v) is 2.82. The highest BCUT2D eigenvalue weighted by Gasteiger charge is 2.06. The minimum atomic E-state index is -0.337. The van der Waals surface area contributed by atoms with Crippen LogP contribution in [0.4, 0.5) is 16.0 Å². The monoisotopic (exact) mass is 257 g/mol. The summed E-state index contributed by atoms with van der Waals surface area (Å²) in [5.41, 5.74) is 1.84. The average molecular weight is 257 g/mol. The molecule has 1 aromatic heterocycles. The van der Waals surface area contributed by atoms with Crippen molar-refractivity contribution < 1.29 is 9.13 Å². The van der Waals surface area contributed by atoms with Gasteiger partial charge in [-0.05, 0) is 36.4 Å². The number of halogens is 1. The van der Waals surface area contributed by atoms with Gasteiger partial charge in [0.15, 0.2) is 5.82 Å². The number of hydrogen-bond acceptors (Lipinski definition) is 3. The second-order valence-corrected chi connectivity index (χ2v) is 4.07. The number of nitrogens with zero attached hydrogens (tertiary/aromatic N) is 1. The van der Waals surface area contributed by atoms with Gasteiger partial charge in [-0.1, -0.05) is 6.07 Å². The number of ether oxygens (including phenoxy) is 1. The lowest BCUT2D eigenvalue weighted by atomic mass is 10.3. The molecule has 3 rings (SSSR count). The predicted octanol–water partition coefficient (Wildman–Crippen LogP) is 3.45. The van der Waals surface area contributed by atoms with Crippen LogP contribution in [0.2, 0.25) is 0 Å². The Labute approximate surface area is 109 Å². The van der Waals surface area contributed by atoms with Gasteiger partial charge >= 0.3 is 0 Å². The summed E-state index contributed by atoms with van der Waals surface area (Å²) < 4.78 is 18.6. The number of anilines is 2. The van der Waals surface area contributed by atoms with Gasteiger partial charge in [0.05, 0.1) is 12.6 Å². The quantitative estimate of drug-likeness (QED) is 0.755. The molecule has 19 heavy (non-hydrogen) atoms. The third kappa shape index (κ3) is 2.22. The largest absolute Gasteiger partial charge is 0.497 e. The predicted molar refractivity (Wildman–Crippen MR) is 72.3 cm³/mol. The van der Waals surface area contributed by atoms with E-state index in [1.807, 2.05) is 24.3 Å². The van der Waals surface area contributed by atoms with Crippen LogP contribution in [0.1, 0.15) is 0 Å². The smallest absolute Gasteiger partial charge is 0.205 e. The Morgan fingerprint density at radius 3 is 2.63 bits per heavy atom. The molecule has 0 saturated heterocycles. The molecule has 0 radical (unpaired) electrons.